The highest BCUT2D eigenvalue weighted by Crippen LogP contribution is 2.37. The summed E-state index contributed by atoms with van der Waals surface area (Å²) in [6, 6.07) is 49.6. The molecule has 5 heterocycles. The quantitative estimate of drug-likeness (QED) is 0.210. The Morgan fingerprint density at radius 1 is 0.356 bits per heavy atom. The summed E-state index contributed by atoms with van der Waals surface area (Å²) >= 11 is 0. The maximum absolute atomic E-state index is 5.02. The molecule has 0 aliphatic rings. The van der Waals surface area contributed by atoms with Crippen molar-refractivity contribution in [2.75, 3.05) is 0 Å². The Hall–Kier alpha value is -6.20. The molecule has 0 unspecified atom stereocenters. The van der Waals surface area contributed by atoms with Gasteiger partial charge in [-0.3, -0.25) is 4.57 Å². The van der Waals surface area contributed by atoms with Crippen LogP contribution in [0.3, 0.4) is 0 Å². The summed E-state index contributed by atoms with van der Waals surface area (Å²) in [7, 11) is 0. The second-order valence-corrected chi connectivity index (χ2v) is 11.5. The van der Waals surface area contributed by atoms with E-state index in [2.05, 4.69) is 147 Å². The molecule has 0 aliphatic carbocycles. The molecule has 0 saturated carbocycles. The SMILES string of the molecule is c1ccc2c(c1)c1ccccc1n2-c1ccc2c(c1)c1ccccc1n2-c1ccc(-n2c3ccccc3c3cccnc32)nc1. The summed E-state index contributed by atoms with van der Waals surface area (Å²) in [5, 5.41) is 7.25. The molecule has 0 amide bonds. The zero-order valence-corrected chi connectivity index (χ0v) is 24.2. The van der Waals surface area contributed by atoms with E-state index in [0.717, 1.165) is 44.8 Å². The van der Waals surface area contributed by atoms with Crippen molar-refractivity contribution < 1.29 is 0 Å². The van der Waals surface area contributed by atoms with Crippen LogP contribution in [0, 0.1) is 0 Å². The highest BCUT2D eigenvalue weighted by molar-refractivity contribution is 6.12. The van der Waals surface area contributed by atoms with E-state index in [-0.39, 0.29) is 0 Å². The van der Waals surface area contributed by atoms with Gasteiger partial charge in [0.05, 0.1) is 39.5 Å². The van der Waals surface area contributed by atoms with E-state index in [4.69, 9.17) is 9.97 Å². The summed E-state index contributed by atoms with van der Waals surface area (Å²) in [6.45, 7) is 0. The number of fused-ring (bicyclic) bond motifs is 9. The Morgan fingerprint density at radius 2 is 0.844 bits per heavy atom. The van der Waals surface area contributed by atoms with Crippen LogP contribution in [0.2, 0.25) is 0 Å². The van der Waals surface area contributed by atoms with Crippen LogP contribution >= 0.6 is 0 Å². The fourth-order valence-corrected chi connectivity index (χ4v) is 7.25. The van der Waals surface area contributed by atoms with Crippen molar-refractivity contribution in [1.82, 2.24) is 23.7 Å². The van der Waals surface area contributed by atoms with Crippen molar-refractivity contribution >= 4 is 65.5 Å². The zero-order chi connectivity index (χ0) is 29.5. The lowest BCUT2D eigenvalue weighted by Gasteiger charge is -2.11. The van der Waals surface area contributed by atoms with Crippen LogP contribution in [0.4, 0.5) is 0 Å². The van der Waals surface area contributed by atoms with Crippen LogP contribution in [0.1, 0.15) is 0 Å². The Labute approximate surface area is 257 Å². The zero-order valence-electron chi connectivity index (χ0n) is 24.2. The van der Waals surface area contributed by atoms with Gasteiger partial charge in [-0.05, 0) is 66.7 Å². The smallest absolute Gasteiger partial charge is 0.146 e. The largest absolute Gasteiger partial charge is 0.309 e. The van der Waals surface area contributed by atoms with E-state index >= 15 is 0 Å². The van der Waals surface area contributed by atoms with Gasteiger partial charge in [0.1, 0.15) is 11.5 Å². The van der Waals surface area contributed by atoms with Gasteiger partial charge in [-0.25, -0.2) is 9.97 Å². The van der Waals surface area contributed by atoms with Crippen molar-refractivity contribution in [2.45, 2.75) is 0 Å². The first-order chi connectivity index (χ1) is 22.3. The molecule has 0 bridgehead atoms. The van der Waals surface area contributed by atoms with E-state index < -0.39 is 0 Å². The molecule has 5 aromatic carbocycles. The van der Waals surface area contributed by atoms with Gasteiger partial charge < -0.3 is 9.13 Å². The monoisotopic (exact) mass is 575 g/mol. The normalized spacial score (nSPS) is 12.0. The maximum Gasteiger partial charge on any atom is 0.146 e. The van der Waals surface area contributed by atoms with E-state index in [1.807, 2.05) is 18.5 Å². The number of hydrogen-bond donors (Lipinski definition) is 0. The van der Waals surface area contributed by atoms with Crippen LogP contribution in [0.5, 0.6) is 0 Å². The van der Waals surface area contributed by atoms with Crippen LogP contribution in [0.15, 0.2) is 152 Å². The number of benzene rings is 5. The number of aromatic nitrogens is 5. The molecular formula is C40H25N5. The van der Waals surface area contributed by atoms with E-state index in [9.17, 15) is 0 Å². The van der Waals surface area contributed by atoms with Gasteiger partial charge in [-0.15, -0.1) is 0 Å². The minimum atomic E-state index is 0.845. The molecule has 45 heavy (non-hydrogen) atoms. The van der Waals surface area contributed by atoms with Crippen LogP contribution in [0.25, 0.3) is 82.7 Å². The lowest BCUT2D eigenvalue weighted by atomic mass is 10.1. The van der Waals surface area contributed by atoms with Gasteiger partial charge in [-0.1, -0.05) is 72.8 Å². The minimum Gasteiger partial charge on any atom is -0.309 e. The summed E-state index contributed by atoms with van der Waals surface area (Å²) in [5.74, 6) is 0.845. The Balaban J connectivity index is 1.17. The first-order valence-corrected chi connectivity index (χ1v) is 15.2. The molecule has 0 atom stereocenters. The van der Waals surface area contributed by atoms with Gasteiger partial charge >= 0.3 is 0 Å². The van der Waals surface area contributed by atoms with Crippen molar-refractivity contribution in [3.05, 3.63) is 152 Å². The van der Waals surface area contributed by atoms with Crippen LogP contribution in [-0.4, -0.2) is 23.7 Å². The van der Waals surface area contributed by atoms with Gasteiger partial charge in [0.15, 0.2) is 0 Å². The van der Waals surface area contributed by atoms with Gasteiger partial charge in [0, 0.05) is 44.2 Å². The van der Waals surface area contributed by atoms with E-state index in [1.54, 1.807) is 0 Å². The molecule has 0 saturated heterocycles. The molecule has 0 aliphatic heterocycles. The molecule has 0 spiro atoms. The molecule has 210 valence electrons. The summed E-state index contributed by atoms with van der Waals surface area (Å²) in [4.78, 5) is 9.75. The Kier molecular flexibility index (Phi) is 4.93. The highest BCUT2D eigenvalue weighted by Gasteiger charge is 2.17. The van der Waals surface area contributed by atoms with Crippen LogP contribution in [-0.2, 0) is 0 Å². The Morgan fingerprint density at radius 3 is 1.47 bits per heavy atom. The topological polar surface area (TPSA) is 40.6 Å². The third-order valence-electron chi connectivity index (χ3n) is 9.15. The fourth-order valence-electron chi connectivity index (χ4n) is 7.25. The third-order valence-corrected chi connectivity index (χ3v) is 9.15. The number of para-hydroxylation sites is 4. The number of nitrogens with zero attached hydrogens (tertiary/aromatic N) is 5. The Bertz CT molecular complexity index is 2650. The fraction of sp³-hybridized carbons (Fsp3) is 0. The second kappa shape index (κ2) is 9.15. The van der Waals surface area contributed by atoms with E-state index in [1.165, 1.54) is 38.0 Å². The minimum absolute atomic E-state index is 0.845. The first kappa shape index (κ1) is 24.3. The summed E-state index contributed by atoms with van der Waals surface area (Å²) in [6.07, 6.45) is 3.82. The molecule has 5 aromatic heterocycles. The number of hydrogen-bond acceptors (Lipinski definition) is 2. The molecular weight excluding hydrogens is 550 g/mol. The molecule has 5 heteroatoms. The van der Waals surface area contributed by atoms with Crippen molar-refractivity contribution in [3.8, 4) is 17.2 Å². The number of rotatable bonds is 3. The third kappa shape index (κ3) is 3.38. The average Bonchev–Trinajstić information content (AvgIpc) is 3.74. The number of pyridine rings is 2. The molecule has 0 radical (unpaired) electrons. The van der Waals surface area contributed by atoms with Crippen molar-refractivity contribution in [3.63, 3.8) is 0 Å². The van der Waals surface area contributed by atoms with Gasteiger partial charge in [0.25, 0.3) is 0 Å². The second-order valence-electron chi connectivity index (χ2n) is 11.5. The predicted molar refractivity (Wildman–Crippen MR) is 185 cm³/mol. The lowest BCUT2D eigenvalue weighted by Crippen LogP contribution is -2.01. The van der Waals surface area contributed by atoms with Gasteiger partial charge in [-0.2, -0.15) is 0 Å². The van der Waals surface area contributed by atoms with Crippen molar-refractivity contribution in [2.24, 2.45) is 0 Å². The molecule has 0 fully saturated rings. The predicted octanol–water partition coefficient (Wildman–Crippen LogP) is 9.77. The van der Waals surface area contributed by atoms with Crippen LogP contribution < -0.4 is 0 Å². The molecule has 10 aromatic rings. The standard InChI is InChI=1S/C40H25N5/c1-5-15-34-28(10-1)29-11-2-6-16-35(29)43(34)26-19-21-38-33(24-26)31-13-4-7-17-36(31)44(38)27-20-22-39(42-25-27)45-37-18-8-3-12-30(37)32-14-9-23-41-40(32)45/h1-25H. The molecule has 0 N–H and O–H groups in total. The molecule has 10 rings (SSSR count). The lowest BCUT2D eigenvalue weighted by molar-refractivity contribution is 1.04. The average molecular weight is 576 g/mol. The highest BCUT2D eigenvalue weighted by atomic mass is 15.1. The summed E-state index contributed by atoms with van der Waals surface area (Å²) < 4.78 is 6.85. The summed E-state index contributed by atoms with van der Waals surface area (Å²) in [5.41, 5.74) is 8.89. The maximum atomic E-state index is 5.02. The van der Waals surface area contributed by atoms with Crippen molar-refractivity contribution in [1.29, 1.82) is 0 Å². The van der Waals surface area contributed by atoms with E-state index in [0.29, 0.717) is 0 Å². The molecule has 5 nitrogen and oxygen atoms in total. The first-order valence-electron chi connectivity index (χ1n) is 15.2. The van der Waals surface area contributed by atoms with Gasteiger partial charge in [0.2, 0.25) is 0 Å².